The molecule has 0 aromatic heterocycles. The summed E-state index contributed by atoms with van der Waals surface area (Å²) in [5.41, 5.74) is 2.12. The first kappa shape index (κ1) is 29.8. The number of rotatable bonds is 9. The third-order valence-corrected chi connectivity index (χ3v) is 8.22. The van der Waals surface area contributed by atoms with E-state index in [1.807, 2.05) is 6.07 Å². The van der Waals surface area contributed by atoms with Crippen LogP contribution in [0.3, 0.4) is 0 Å². The average Bonchev–Trinajstić information content (AvgIpc) is 3.30. The second-order valence-corrected chi connectivity index (χ2v) is 11.7. The zero-order valence-electron chi connectivity index (χ0n) is 23.0. The molecule has 0 bridgehead atoms. The molecule has 2 N–H and O–H groups in total. The number of hydrogen-bond acceptors (Lipinski definition) is 6. The molecule has 216 valence electrons. The Morgan fingerprint density at radius 2 is 1.65 bits per heavy atom. The summed E-state index contributed by atoms with van der Waals surface area (Å²) in [6.07, 6.45) is 1.64. The van der Waals surface area contributed by atoms with Gasteiger partial charge in [0.15, 0.2) is 0 Å². The highest BCUT2D eigenvalue weighted by Gasteiger charge is 2.40. The Hall–Kier alpha value is -4.67. The Balaban J connectivity index is 1.32. The van der Waals surface area contributed by atoms with Gasteiger partial charge in [-0.05, 0) is 78.4 Å². The van der Waals surface area contributed by atoms with Gasteiger partial charge < -0.3 is 15.4 Å². The van der Waals surface area contributed by atoms with Crippen LogP contribution in [0, 0.1) is 0 Å². The van der Waals surface area contributed by atoms with Gasteiger partial charge >= 0.3 is 0 Å². The second kappa shape index (κ2) is 13.5. The lowest BCUT2D eigenvalue weighted by Crippen LogP contribution is -2.31. The fraction of sp³-hybridized carbons (Fsp3) is 0.0909. The van der Waals surface area contributed by atoms with Crippen LogP contribution in [-0.4, -0.2) is 36.0 Å². The minimum atomic E-state index is -0.599. The first-order valence-electron chi connectivity index (χ1n) is 13.2. The lowest BCUT2D eigenvalue weighted by molar-refractivity contribution is -0.121. The van der Waals surface area contributed by atoms with Crippen molar-refractivity contribution < 1.29 is 23.9 Å². The van der Waals surface area contributed by atoms with Crippen molar-refractivity contribution in [1.82, 2.24) is 5.32 Å². The molecule has 43 heavy (non-hydrogen) atoms. The maximum absolute atomic E-state index is 13.4. The molecule has 4 aromatic carbocycles. The summed E-state index contributed by atoms with van der Waals surface area (Å²) in [6.45, 7) is 0. The molecule has 0 unspecified atom stereocenters. The van der Waals surface area contributed by atoms with E-state index < -0.39 is 17.1 Å². The number of methoxy groups -OCH3 is 1. The number of nitrogens with one attached hydrogen (secondary N) is 2. The van der Waals surface area contributed by atoms with Crippen LogP contribution in [-0.2, 0) is 14.4 Å². The van der Waals surface area contributed by atoms with Gasteiger partial charge in [-0.15, -0.1) is 11.8 Å². The molecule has 1 atom stereocenters. The van der Waals surface area contributed by atoms with Crippen molar-refractivity contribution in [2.45, 2.75) is 16.6 Å². The van der Waals surface area contributed by atoms with Crippen LogP contribution in [0.1, 0.15) is 22.3 Å². The maximum atomic E-state index is 13.4. The molecule has 0 spiro atoms. The van der Waals surface area contributed by atoms with Crippen LogP contribution < -0.4 is 20.3 Å². The van der Waals surface area contributed by atoms with E-state index >= 15 is 0 Å². The first-order valence-corrected chi connectivity index (χ1v) is 14.9. The molecule has 10 heteroatoms. The van der Waals surface area contributed by atoms with E-state index in [4.69, 9.17) is 4.74 Å². The zero-order valence-corrected chi connectivity index (χ0v) is 25.4. The first-order chi connectivity index (χ1) is 20.8. The van der Waals surface area contributed by atoms with Gasteiger partial charge in [0, 0.05) is 27.0 Å². The van der Waals surface area contributed by atoms with E-state index in [-0.39, 0.29) is 23.9 Å². The van der Waals surface area contributed by atoms with Crippen molar-refractivity contribution in [3.63, 3.8) is 0 Å². The number of carbonyl (C=O) groups is 4. The summed E-state index contributed by atoms with van der Waals surface area (Å²) in [5.74, 6) is -0.861. The molecule has 1 fully saturated rings. The predicted molar refractivity (Wildman–Crippen MR) is 171 cm³/mol. The van der Waals surface area contributed by atoms with Gasteiger partial charge in [0.25, 0.3) is 11.8 Å². The minimum Gasteiger partial charge on any atom is -0.497 e. The SMILES string of the molecule is COc1ccc(/C=C(\NC(=O)c2ccccc2)C(=O)Nc2cccc(S[C@H]3CC(=O)N(c4ccc(Br)cc4)C3=O)c2)cc1. The minimum absolute atomic E-state index is 0.0405. The molecular formula is C33H26BrN3O5S. The summed E-state index contributed by atoms with van der Waals surface area (Å²) in [5, 5.41) is 4.96. The normalized spacial score (nSPS) is 14.9. The number of carbonyl (C=O) groups excluding carboxylic acids is 4. The largest absolute Gasteiger partial charge is 0.497 e. The molecule has 1 aliphatic rings. The van der Waals surface area contributed by atoms with Crippen LogP contribution in [0.4, 0.5) is 11.4 Å². The fourth-order valence-electron chi connectivity index (χ4n) is 4.38. The number of anilines is 2. The smallest absolute Gasteiger partial charge is 0.272 e. The van der Waals surface area contributed by atoms with E-state index in [0.717, 1.165) is 4.47 Å². The molecule has 1 heterocycles. The van der Waals surface area contributed by atoms with Gasteiger partial charge in [0.05, 0.1) is 18.0 Å². The summed E-state index contributed by atoms with van der Waals surface area (Å²) in [4.78, 5) is 54.1. The highest BCUT2D eigenvalue weighted by Crippen LogP contribution is 2.35. The molecule has 0 saturated carbocycles. The van der Waals surface area contributed by atoms with Crippen molar-refractivity contribution in [3.8, 4) is 5.75 Å². The van der Waals surface area contributed by atoms with Gasteiger partial charge in [-0.25, -0.2) is 4.90 Å². The molecule has 1 aliphatic heterocycles. The summed E-state index contributed by atoms with van der Waals surface area (Å²) >= 11 is 4.63. The molecule has 4 amide bonds. The number of hydrogen-bond donors (Lipinski definition) is 2. The lowest BCUT2D eigenvalue weighted by atomic mass is 10.1. The molecule has 4 aromatic rings. The van der Waals surface area contributed by atoms with Gasteiger partial charge in [0.2, 0.25) is 11.8 Å². The van der Waals surface area contributed by atoms with Crippen LogP contribution in [0.15, 0.2) is 118 Å². The van der Waals surface area contributed by atoms with Crippen LogP contribution >= 0.6 is 27.7 Å². The number of benzene rings is 4. The van der Waals surface area contributed by atoms with Crippen molar-refractivity contribution in [2.75, 3.05) is 17.3 Å². The molecule has 5 rings (SSSR count). The van der Waals surface area contributed by atoms with Gasteiger partial charge in [0.1, 0.15) is 11.4 Å². The number of ether oxygens (including phenoxy) is 1. The van der Waals surface area contributed by atoms with Crippen molar-refractivity contribution in [3.05, 3.63) is 124 Å². The standard InChI is InChI=1S/C33H26BrN3O5S/c1-42-26-16-10-21(11-17-26)18-28(36-31(39)22-6-3-2-4-7-22)32(40)35-24-8-5-9-27(19-24)43-29-20-30(38)37(33(29)41)25-14-12-23(34)13-15-25/h2-19,29H,20H2,1H3,(H,35,40)(H,36,39)/b28-18-/t29-/m0/s1. The summed E-state index contributed by atoms with van der Waals surface area (Å²) < 4.78 is 6.06. The lowest BCUT2D eigenvalue weighted by Gasteiger charge is -2.15. The van der Waals surface area contributed by atoms with Crippen LogP contribution in [0.2, 0.25) is 0 Å². The monoisotopic (exact) mass is 655 g/mol. The van der Waals surface area contributed by atoms with E-state index in [0.29, 0.717) is 33.1 Å². The van der Waals surface area contributed by atoms with Crippen LogP contribution in [0.5, 0.6) is 5.75 Å². The van der Waals surface area contributed by atoms with E-state index in [1.165, 1.54) is 16.7 Å². The molecule has 0 radical (unpaired) electrons. The number of halogens is 1. The molecule has 0 aliphatic carbocycles. The predicted octanol–water partition coefficient (Wildman–Crippen LogP) is 6.29. The molecular weight excluding hydrogens is 630 g/mol. The highest BCUT2D eigenvalue weighted by atomic mass is 79.9. The number of thioether (sulfide) groups is 1. The topological polar surface area (TPSA) is 105 Å². The maximum Gasteiger partial charge on any atom is 0.272 e. The van der Waals surface area contributed by atoms with Crippen LogP contribution in [0.25, 0.3) is 6.08 Å². The zero-order chi connectivity index (χ0) is 30.3. The Morgan fingerprint density at radius 1 is 0.930 bits per heavy atom. The van der Waals surface area contributed by atoms with E-state index in [9.17, 15) is 19.2 Å². The quantitative estimate of drug-likeness (QED) is 0.162. The third kappa shape index (κ3) is 7.40. The summed E-state index contributed by atoms with van der Waals surface area (Å²) in [7, 11) is 1.56. The fourth-order valence-corrected chi connectivity index (χ4v) is 5.75. The molecule has 1 saturated heterocycles. The van der Waals surface area contributed by atoms with Gasteiger partial charge in [-0.2, -0.15) is 0 Å². The number of nitrogens with zero attached hydrogens (tertiary/aromatic N) is 1. The second-order valence-electron chi connectivity index (χ2n) is 9.49. The number of amides is 4. The Bertz CT molecular complexity index is 1690. The highest BCUT2D eigenvalue weighted by molar-refractivity contribution is 9.10. The van der Waals surface area contributed by atoms with Crippen molar-refractivity contribution in [1.29, 1.82) is 0 Å². The Morgan fingerprint density at radius 3 is 2.35 bits per heavy atom. The average molecular weight is 657 g/mol. The Labute approximate surface area is 261 Å². The summed E-state index contributed by atoms with van der Waals surface area (Å²) in [6, 6.07) is 29.7. The van der Waals surface area contributed by atoms with Crippen molar-refractivity contribution >= 4 is 68.8 Å². The number of imide groups is 1. The molecule has 8 nitrogen and oxygen atoms in total. The van der Waals surface area contributed by atoms with E-state index in [1.54, 1.807) is 110 Å². The van der Waals surface area contributed by atoms with Gasteiger partial charge in [-0.3, -0.25) is 19.2 Å². The Kier molecular flexibility index (Phi) is 9.38. The third-order valence-electron chi connectivity index (χ3n) is 6.52. The van der Waals surface area contributed by atoms with Crippen molar-refractivity contribution in [2.24, 2.45) is 0 Å². The van der Waals surface area contributed by atoms with E-state index in [2.05, 4.69) is 26.6 Å². The van der Waals surface area contributed by atoms with Gasteiger partial charge in [-0.1, -0.05) is 52.3 Å².